The second-order valence-corrected chi connectivity index (χ2v) is 11.1. The van der Waals surface area contributed by atoms with Crippen molar-refractivity contribution in [2.24, 2.45) is 0 Å². The van der Waals surface area contributed by atoms with Crippen molar-refractivity contribution in [1.82, 2.24) is 24.7 Å². The first-order valence-corrected chi connectivity index (χ1v) is 14.3. The number of hydrogen-bond acceptors (Lipinski definition) is 8. The molecule has 0 radical (unpaired) electrons. The number of nitrogens with zero attached hydrogens (tertiary/aromatic N) is 7. The largest absolute Gasteiger partial charge is 0.465 e. The van der Waals surface area contributed by atoms with Crippen molar-refractivity contribution in [3.63, 3.8) is 0 Å². The van der Waals surface area contributed by atoms with Gasteiger partial charge in [0.05, 0.1) is 43.0 Å². The minimum Gasteiger partial charge on any atom is -0.465 e. The molecule has 12 heteroatoms. The van der Waals surface area contributed by atoms with E-state index in [1.165, 1.54) is 4.90 Å². The third-order valence-corrected chi connectivity index (χ3v) is 8.49. The molecule has 2 aromatic carbocycles. The van der Waals surface area contributed by atoms with Crippen LogP contribution in [0.4, 0.5) is 21.1 Å². The second kappa shape index (κ2) is 11.7. The van der Waals surface area contributed by atoms with Crippen molar-refractivity contribution in [3.8, 4) is 12.1 Å². The van der Waals surface area contributed by atoms with Crippen molar-refractivity contribution in [3.05, 3.63) is 53.7 Å². The Morgan fingerprint density at radius 1 is 1.10 bits per heavy atom. The number of benzene rings is 2. The lowest BCUT2D eigenvalue weighted by molar-refractivity contribution is 0.119. The van der Waals surface area contributed by atoms with Gasteiger partial charge in [0.25, 0.3) is 0 Å². The van der Waals surface area contributed by atoms with Crippen LogP contribution < -0.4 is 15.0 Å². The van der Waals surface area contributed by atoms with Crippen molar-refractivity contribution in [1.29, 1.82) is 5.26 Å². The van der Waals surface area contributed by atoms with E-state index in [0.717, 1.165) is 41.4 Å². The molecule has 42 heavy (non-hydrogen) atoms. The minimum absolute atomic E-state index is 0.0764. The van der Waals surface area contributed by atoms with E-state index in [1.54, 1.807) is 4.90 Å². The average molecular weight is 571 g/mol. The van der Waals surface area contributed by atoms with Crippen LogP contribution in [0.1, 0.15) is 30.5 Å². The van der Waals surface area contributed by atoms with E-state index >= 15 is 0 Å². The summed E-state index contributed by atoms with van der Waals surface area (Å²) in [6.07, 6.45) is 1.20. The summed E-state index contributed by atoms with van der Waals surface area (Å²) in [6.45, 7) is 3.05. The Balaban J connectivity index is 1.26. The maximum absolute atomic E-state index is 13.5. The van der Waals surface area contributed by atoms with Crippen LogP contribution in [0.2, 0.25) is 0 Å². The first-order valence-electron chi connectivity index (χ1n) is 14.3. The molecule has 0 bridgehead atoms. The zero-order valence-corrected chi connectivity index (χ0v) is 23.6. The van der Waals surface area contributed by atoms with Gasteiger partial charge in [-0.1, -0.05) is 36.4 Å². The van der Waals surface area contributed by atoms with Gasteiger partial charge in [0.1, 0.15) is 12.4 Å². The molecule has 0 aliphatic carbocycles. The van der Waals surface area contributed by atoms with Crippen molar-refractivity contribution in [2.75, 3.05) is 50.1 Å². The normalized spacial score (nSPS) is 20.4. The van der Waals surface area contributed by atoms with Crippen LogP contribution in [0.5, 0.6) is 6.01 Å². The Morgan fingerprint density at radius 3 is 2.71 bits per heavy atom. The van der Waals surface area contributed by atoms with Gasteiger partial charge in [0, 0.05) is 36.6 Å². The molecule has 2 saturated heterocycles. The Hall–Kier alpha value is -4.63. The molecule has 2 atom stereocenters. The predicted molar refractivity (Wildman–Crippen MR) is 156 cm³/mol. The fraction of sp³-hybridized carbons (Fsp3) is 0.433. The summed E-state index contributed by atoms with van der Waals surface area (Å²) in [5.74, 6) is 0.628. The number of likely N-dealkylation sites (tertiary alicyclic amines) is 1. The number of amides is 3. The topological polar surface area (TPSA) is 138 Å². The molecule has 1 aromatic heterocycles. The standard InChI is InChI=1S/C30H34N8O4/c1-35-13-5-8-22(35)19-42-28-32-26-18-37(29(39)33-25-10-4-7-20-6-2-3-9-23(20)25)17-24(26)27(34-28)36-14-15-38(30(40)41)21(16-36)11-12-31/h2-4,6-7,9-10,21-22H,5,8,11,13-19H2,1H3,(H,33,39)(H,40,41). The summed E-state index contributed by atoms with van der Waals surface area (Å²) >= 11 is 0. The lowest BCUT2D eigenvalue weighted by Crippen LogP contribution is -2.55. The fourth-order valence-corrected chi connectivity index (χ4v) is 6.15. The van der Waals surface area contributed by atoms with Gasteiger partial charge in [0.15, 0.2) is 0 Å². The average Bonchev–Trinajstić information content (AvgIpc) is 3.61. The van der Waals surface area contributed by atoms with Gasteiger partial charge in [-0.25, -0.2) is 9.59 Å². The Labute approximate surface area is 244 Å². The van der Waals surface area contributed by atoms with E-state index < -0.39 is 12.1 Å². The molecule has 6 rings (SSSR count). The summed E-state index contributed by atoms with van der Waals surface area (Å²) in [6, 6.07) is 15.6. The molecular weight excluding hydrogens is 536 g/mol. The Kier molecular flexibility index (Phi) is 7.67. The summed E-state index contributed by atoms with van der Waals surface area (Å²) in [5.41, 5.74) is 2.25. The summed E-state index contributed by atoms with van der Waals surface area (Å²) < 4.78 is 6.12. The van der Waals surface area contributed by atoms with Crippen molar-refractivity contribution < 1.29 is 19.4 Å². The molecular formula is C30H34N8O4. The number of nitriles is 1. The van der Waals surface area contributed by atoms with Gasteiger partial charge in [-0.2, -0.15) is 15.2 Å². The van der Waals surface area contributed by atoms with Crippen LogP contribution >= 0.6 is 0 Å². The van der Waals surface area contributed by atoms with Crippen LogP contribution in [0.15, 0.2) is 42.5 Å². The molecule has 0 saturated carbocycles. The summed E-state index contributed by atoms with van der Waals surface area (Å²) in [5, 5.41) is 24.1. The van der Waals surface area contributed by atoms with Crippen LogP contribution in [-0.4, -0.2) is 93.8 Å². The molecule has 2 fully saturated rings. The third kappa shape index (κ3) is 5.47. The van der Waals surface area contributed by atoms with E-state index in [1.807, 2.05) is 47.4 Å². The summed E-state index contributed by atoms with van der Waals surface area (Å²) in [7, 11) is 2.08. The highest BCUT2D eigenvalue weighted by Gasteiger charge is 2.36. The fourth-order valence-electron chi connectivity index (χ4n) is 6.15. The van der Waals surface area contributed by atoms with E-state index in [-0.39, 0.29) is 37.6 Å². The quantitative estimate of drug-likeness (QED) is 0.454. The lowest BCUT2D eigenvalue weighted by Gasteiger charge is -2.40. The smallest absolute Gasteiger partial charge is 0.407 e. The summed E-state index contributed by atoms with van der Waals surface area (Å²) in [4.78, 5) is 42.1. The number of anilines is 2. The lowest BCUT2D eigenvalue weighted by atomic mass is 10.1. The van der Waals surface area contributed by atoms with Gasteiger partial charge in [0.2, 0.25) is 0 Å². The third-order valence-electron chi connectivity index (χ3n) is 8.49. The zero-order valence-electron chi connectivity index (χ0n) is 23.6. The van der Waals surface area contributed by atoms with Crippen LogP contribution in [-0.2, 0) is 13.1 Å². The van der Waals surface area contributed by atoms with Crippen LogP contribution in [0.25, 0.3) is 10.8 Å². The number of urea groups is 1. The van der Waals surface area contributed by atoms with Gasteiger partial charge in [-0.15, -0.1) is 0 Å². The Bertz CT molecular complexity index is 1540. The number of fused-ring (bicyclic) bond motifs is 2. The highest BCUT2D eigenvalue weighted by molar-refractivity contribution is 6.01. The van der Waals surface area contributed by atoms with Crippen molar-refractivity contribution in [2.45, 2.75) is 44.4 Å². The molecule has 218 valence electrons. The first-order chi connectivity index (χ1) is 20.4. The van der Waals surface area contributed by atoms with E-state index in [4.69, 9.17) is 14.7 Å². The SMILES string of the molecule is CN1CCCC1COc1nc2c(c(N3CCN(C(=O)O)C(CC#N)C3)n1)CN(C(=O)Nc1cccc3ccccc13)C2. The number of carboxylic acid groups (broad SMARTS) is 1. The molecule has 3 aromatic rings. The number of carbonyl (C=O) groups excluding carboxylic acids is 1. The van der Waals surface area contributed by atoms with Gasteiger partial charge >= 0.3 is 18.1 Å². The van der Waals surface area contributed by atoms with E-state index in [2.05, 4.69) is 23.3 Å². The number of nitrogens with one attached hydrogen (secondary N) is 1. The molecule has 2 unspecified atom stereocenters. The Morgan fingerprint density at radius 2 is 1.93 bits per heavy atom. The molecule has 12 nitrogen and oxygen atoms in total. The number of carbonyl (C=O) groups is 2. The van der Waals surface area contributed by atoms with Crippen molar-refractivity contribution >= 4 is 34.4 Å². The molecule has 4 heterocycles. The van der Waals surface area contributed by atoms with Gasteiger partial charge in [-0.05, 0) is 37.9 Å². The number of hydrogen-bond donors (Lipinski definition) is 2. The molecule has 3 aliphatic heterocycles. The first kappa shape index (κ1) is 27.5. The highest BCUT2D eigenvalue weighted by Crippen LogP contribution is 2.34. The van der Waals surface area contributed by atoms with Crippen LogP contribution in [0, 0.1) is 11.3 Å². The maximum Gasteiger partial charge on any atom is 0.407 e. The monoisotopic (exact) mass is 570 g/mol. The number of likely N-dealkylation sites (N-methyl/N-ethyl adjacent to an activating group) is 1. The highest BCUT2D eigenvalue weighted by atomic mass is 16.5. The van der Waals surface area contributed by atoms with Crippen LogP contribution in [0.3, 0.4) is 0 Å². The number of rotatable bonds is 6. The number of aromatic nitrogens is 2. The van der Waals surface area contributed by atoms with E-state index in [9.17, 15) is 20.0 Å². The number of piperazine rings is 1. The predicted octanol–water partition coefficient (Wildman–Crippen LogP) is 3.73. The molecule has 0 spiro atoms. The molecule has 3 aliphatic rings. The minimum atomic E-state index is -1.04. The molecule has 3 amide bonds. The zero-order chi connectivity index (χ0) is 29.2. The van der Waals surface area contributed by atoms with E-state index in [0.29, 0.717) is 37.8 Å². The number of ether oxygens (including phenoxy) is 1. The second-order valence-electron chi connectivity index (χ2n) is 11.1. The van der Waals surface area contributed by atoms with Gasteiger partial charge < -0.3 is 34.8 Å². The molecule has 2 N–H and O–H groups in total. The van der Waals surface area contributed by atoms with Gasteiger partial charge in [-0.3, -0.25) is 0 Å². The maximum atomic E-state index is 13.5.